The molecule has 1 N–H and O–H groups in total. The van der Waals surface area contributed by atoms with Crippen molar-refractivity contribution in [2.24, 2.45) is 0 Å². The predicted molar refractivity (Wildman–Crippen MR) is 97.6 cm³/mol. The molecule has 0 aliphatic carbocycles. The van der Waals surface area contributed by atoms with Gasteiger partial charge in [0.2, 0.25) is 0 Å². The minimum atomic E-state index is -6.00. The molecule has 0 saturated carbocycles. The molecule has 12 heteroatoms. The van der Waals surface area contributed by atoms with E-state index in [9.17, 15) is 39.9 Å². The molecular formula is C19H10Cl2F8O2. The van der Waals surface area contributed by atoms with Crippen LogP contribution in [0.15, 0.2) is 42.5 Å². The lowest BCUT2D eigenvalue weighted by Gasteiger charge is -2.27. The smallest absolute Gasteiger partial charge is 0.454 e. The van der Waals surface area contributed by atoms with Gasteiger partial charge in [-0.05, 0) is 41.5 Å². The Labute approximate surface area is 179 Å². The largest absolute Gasteiger partial charge is 0.478 e. The molecule has 1 unspecified atom stereocenters. The molecule has 0 saturated heterocycles. The molecule has 0 aliphatic rings. The van der Waals surface area contributed by atoms with E-state index >= 15 is 0 Å². The molecule has 0 heterocycles. The number of carbonyl (C=O) groups is 1. The Morgan fingerprint density at radius 3 is 1.90 bits per heavy atom. The minimum absolute atomic E-state index is 0.232. The van der Waals surface area contributed by atoms with Crippen LogP contribution in [0.3, 0.4) is 0 Å². The van der Waals surface area contributed by atoms with Crippen LogP contribution in [0.5, 0.6) is 0 Å². The van der Waals surface area contributed by atoms with Crippen LogP contribution >= 0.6 is 23.2 Å². The molecule has 2 rings (SSSR count). The second kappa shape index (κ2) is 8.66. The summed E-state index contributed by atoms with van der Waals surface area (Å²) in [6, 6.07) is 4.46. The zero-order chi connectivity index (χ0) is 23.8. The lowest BCUT2D eigenvalue weighted by Crippen LogP contribution is -2.41. The van der Waals surface area contributed by atoms with Crippen molar-refractivity contribution in [2.75, 3.05) is 0 Å². The van der Waals surface area contributed by atoms with Crippen molar-refractivity contribution < 1.29 is 45.0 Å². The van der Waals surface area contributed by atoms with Gasteiger partial charge in [-0.25, -0.2) is 4.79 Å². The SMILES string of the molecule is O=C(O)c1ccc(/C=C/C(c2cc(Cl)cc(Cl)c2)C(F)(F)C(F)(F)F)cc1C(F)(F)F. The van der Waals surface area contributed by atoms with Gasteiger partial charge in [0, 0.05) is 10.0 Å². The summed E-state index contributed by atoms with van der Waals surface area (Å²) in [6.45, 7) is 0. The van der Waals surface area contributed by atoms with E-state index in [2.05, 4.69) is 0 Å². The summed E-state index contributed by atoms with van der Waals surface area (Å²) in [6.07, 6.45) is -10.2. The van der Waals surface area contributed by atoms with Gasteiger partial charge < -0.3 is 5.11 Å². The van der Waals surface area contributed by atoms with Crippen molar-refractivity contribution in [3.8, 4) is 0 Å². The quantitative estimate of drug-likeness (QED) is 0.434. The van der Waals surface area contributed by atoms with Gasteiger partial charge in [-0.15, -0.1) is 0 Å². The number of halogens is 10. The van der Waals surface area contributed by atoms with Crippen LogP contribution in [0.1, 0.15) is 33.0 Å². The van der Waals surface area contributed by atoms with Crippen molar-refractivity contribution in [3.63, 3.8) is 0 Å². The number of benzene rings is 2. The average Bonchev–Trinajstić information content (AvgIpc) is 2.58. The van der Waals surface area contributed by atoms with Crippen LogP contribution in [-0.2, 0) is 6.18 Å². The molecule has 0 fully saturated rings. The summed E-state index contributed by atoms with van der Waals surface area (Å²) in [5, 5.41) is 8.40. The van der Waals surface area contributed by atoms with Gasteiger partial charge in [0.25, 0.3) is 0 Å². The average molecular weight is 493 g/mol. The Morgan fingerprint density at radius 2 is 1.45 bits per heavy atom. The fourth-order valence-electron chi connectivity index (χ4n) is 2.67. The molecule has 1 atom stereocenters. The number of carboxylic acid groups (broad SMARTS) is 1. The zero-order valence-electron chi connectivity index (χ0n) is 14.8. The van der Waals surface area contributed by atoms with Crippen LogP contribution in [-0.4, -0.2) is 23.2 Å². The first-order valence-corrected chi connectivity index (χ1v) is 8.83. The molecule has 2 nitrogen and oxygen atoms in total. The lowest BCUT2D eigenvalue weighted by atomic mass is 9.90. The molecule has 0 aliphatic heterocycles. The fourth-order valence-corrected chi connectivity index (χ4v) is 3.21. The molecule has 0 spiro atoms. The van der Waals surface area contributed by atoms with E-state index < -0.39 is 52.4 Å². The van der Waals surface area contributed by atoms with Gasteiger partial charge >= 0.3 is 24.2 Å². The number of rotatable bonds is 5. The zero-order valence-corrected chi connectivity index (χ0v) is 16.3. The van der Waals surface area contributed by atoms with Gasteiger partial charge in [-0.3, -0.25) is 0 Å². The molecular weight excluding hydrogens is 483 g/mol. The first-order valence-electron chi connectivity index (χ1n) is 8.07. The van der Waals surface area contributed by atoms with E-state index in [1.165, 1.54) is 0 Å². The van der Waals surface area contributed by atoms with Crippen LogP contribution < -0.4 is 0 Å². The maximum Gasteiger partial charge on any atom is 0.454 e. The Kier molecular flexibility index (Phi) is 6.97. The highest BCUT2D eigenvalue weighted by atomic mass is 35.5. The van der Waals surface area contributed by atoms with Crippen LogP contribution in [0.4, 0.5) is 35.1 Å². The fraction of sp³-hybridized carbons (Fsp3) is 0.211. The Hall–Kier alpha value is -2.33. The third-order valence-corrected chi connectivity index (χ3v) is 4.51. The van der Waals surface area contributed by atoms with Crippen molar-refractivity contribution in [3.05, 3.63) is 74.8 Å². The Morgan fingerprint density at radius 1 is 0.903 bits per heavy atom. The Balaban J connectivity index is 2.61. The third kappa shape index (κ3) is 5.68. The Bertz CT molecular complexity index is 993. The van der Waals surface area contributed by atoms with E-state index in [1.54, 1.807) is 0 Å². The predicted octanol–water partition coefficient (Wildman–Crippen LogP) is 7.71. The van der Waals surface area contributed by atoms with Crippen molar-refractivity contribution >= 4 is 35.2 Å². The molecule has 2 aromatic carbocycles. The third-order valence-electron chi connectivity index (χ3n) is 4.07. The van der Waals surface area contributed by atoms with Gasteiger partial charge in [0.05, 0.1) is 17.0 Å². The minimum Gasteiger partial charge on any atom is -0.478 e. The monoisotopic (exact) mass is 492 g/mol. The van der Waals surface area contributed by atoms with E-state index in [0.29, 0.717) is 24.3 Å². The number of allylic oxidation sites excluding steroid dienone is 1. The normalized spacial score (nSPS) is 14.1. The second-order valence-corrected chi connectivity index (χ2v) is 7.14. The van der Waals surface area contributed by atoms with Gasteiger partial charge in [-0.1, -0.05) is 41.4 Å². The van der Waals surface area contributed by atoms with Crippen molar-refractivity contribution in [1.82, 2.24) is 0 Å². The molecule has 2 aromatic rings. The molecule has 0 bridgehead atoms. The number of carboxylic acids is 1. The molecule has 0 aromatic heterocycles. The highest BCUT2D eigenvalue weighted by molar-refractivity contribution is 6.34. The van der Waals surface area contributed by atoms with E-state index in [4.69, 9.17) is 28.3 Å². The van der Waals surface area contributed by atoms with Crippen LogP contribution in [0.25, 0.3) is 6.08 Å². The van der Waals surface area contributed by atoms with Gasteiger partial charge in [-0.2, -0.15) is 35.1 Å². The van der Waals surface area contributed by atoms with Gasteiger partial charge in [0.15, 0.2) is 0 Å². The summed E-state index contributed by atoms with van der Waals surface area (Å²) < 4.78 is 107. The summed E-state index contributed by atoms with van der Waals surface area (Å²) in [4.78, 5) is 11.0. The second-order valence-electron chi connectivity index (χ2n) is 6.27. The number of aromatic carboxylic acids is 1. The first-order chi connectivity index (χ1) is 14.0. The number of alkyl halides is 8. The van der Waals surface area contributed by atoms with Crippen LogP contribution in [0, 0.1) is 0 Å². The summed E-state index contributed by atoms with van der Waals surface area (Å²) >= 11 is 11.4. The van der Waals surface area contributed by atoms with Gasteiger partial charge in [0.1, 0.15) is 0 Å². The topological polar surface area (TPSA) is 37.3 Å². The summed E-state index contributed by atoms with van der Waals surface area (Å²) in [7, 11) is 0. The highest BCUT2D eigenvalue weighted by Gasteiger charge is 2.61. The maximum absolute atomic E-state index is 14.2. The molecule has 0 amide bonds. The summed E-state index contributed by atoms with van der Waals surface area (Å²) in [5.41, 5.74) is -3.78. The van der Waals surface area contributed by atoms with E-state index in [-0.39, 0.29) is 10.0 Å². The molecule has 31 heavy (non-hydrogen) atoms. The van der Waals surface area contributed by atoms with Crippen molar-refractivity contribution in [2.45, 2.75) is 24.2 Å². The first kappa shape index (κ1) is 24.9. The number of hydrogen-bond donors (Lipinski definition) is 1. The lowest BCUT2D eigenvalue weighted by molar-refractivity contribution is -0.286. The highest BCUT2D eigenvalue weighted by Crippen LogP contribution is 2.47. The van der Waals surface area contributed by atoms with Crippen molar-refractivity contribution in [1.29, 1.82) is 0 Å². The maximum atomic E-state index is 14.2. The van der Waals surface area contributed by atoms with E-state index in [0.717, 1.165) is 24.3 Å². The number of hydrogen-bond acceptors (Lipinski definition) is 1. The standard InChI is InChI=1S/C19H10Cl2F8O2/c20-11-6-10(7-12(21)8-11)14(17(22,23)19(27,28)29)4-2-9-1-3-13(16(30)31)15(5-9)18(24,25)26/h1-8,14H,(H,30,31)/b4-2+. The summed E-state index contributed by atoms with van der Waals surface area (Å²) in [5.74, 6) is -9.90. The molecule has 0 radical (unpaired) electrons. The van der Waals surface area contributed by atoms with Crippen LogP contribution in [0.2, 0.25) is 10.0 Å². The van der Waals surface area contributed by atoms with E-state index in [1.807, 2.05) is 0 Å². The molecule has 168 valence electrons.